The Morgan fingerprint density at radius 3 is 2.40 bits per heavy atom. The summed E-state index contributed by atoms with van der Waals surface area (Å²) in [7, 11) is 0. The van der Waals surface area contributed by atoms with Gasteiger partial charge in [0.1, 0.15) is 17.1 Å². The fourth-order valence-electron chi connectivity index (χ4n) is 4.51. The van der Waals surface area contributed by atoms with Gasteiger partial charge < -0.3 is 13.9 Å². The quantitative estimate of drug-likeness (QED) is 0.337. The zero-order chi connectivity index (χ0) is 23.6. The minimum absolute atomic E-state index is 0.0835. The van der Waals surface area contributed by atoms with Gasteiger partial charge in [-0.3, -0.25) is 0 Å². The number of H-pyrrole nitrogens is 2. The summed E-state index contributed by atoms with van der Waals surface area (Å²) in [5.41, 5.74) is 2.89. The molecule has 1 unspecified atom stereocenters. The van der Waals surface area contributed by atoms with E-state index in [1.54, 1.807) is 12.1 Å². The number of hydrogen-bond donors (Lipinski definition) is 2. The Morgan fingerprint density at radius 1 is 0.943 bits per heavy atom. The van der Waals surface area contributed by atoms with Crippen molar-refractivity contribution in [3.8, 4) is 11.5 Å². The van der Waals surface area contributed by atoms with Crippen molar-refractivity contribution in [3.63, 3.8) is 0 Å². The third-order valence-corrected chi connectivity index (χ3v) is 6.12. The van der Waals surface area contributed by atoms with E-state index in [1.165, 1.54) is 5.56 Å². The molecule has 6 rings (SSSR count). The predicted octanol–water partition coefficient (Wildman–Crippen LogP) is 2.25. The lowest BCUT2D eigenvalue weighted by Gasteiger charge is -2.25. The molecule has 1 atom stereocenters. The van der Waals surface area contributed by atoms with E-state index in [2.05, 4.69) is 53.4 Å². The highest BCUT2D eigenvalue weighted by Crippen LogP contribution is 2.40. The summed E-state index contributed by atoms with van der Waals surface area (Å²) < 4.78 is 17.7. The molecule has 0 saturated carbocycles. The third-order valence-electron chi connectivity index (χ3n) is 6.12. The number of aryl methyl sites for hydroxylation is 1. The van der Waals surface area contributed by atoms with Crippen molar-refractivity contribution in [1.29, 1.82) is 0 Å². The Morgan fingerprint density at radius 2 is 1.69 bits per heavy atom. The van der Waals surface area contributed by atoms with Crippen LogP contribution in [-0.4, -0.2) is 41.2 Å². The van der Waals surface area contributed by atoms with Crippen LogP contribution in [0, 0.1) is 0 Å². The van der Waals surface area contributed by atoms with Gasteiger partial charge in [0.05, 0.1) is 5.39 Å². The van der Waals surface area contributed by atoms with Gasteiger partial charge in [0.15, 0.2) is 13.2 Å². The summed E-state index contributed by atoms with van der Waals surface area (Å²) in [5.74, 6) is 1.98. The zero-order valence-electron chi connectivity index (χ0n) is 18.5. The van der Waals surface area contributed by atoms with E-state index in [1.807, 2.05) is 18.2 Å². The Balaban J connectivity index is 1.40. The average Bonchev–Trinajstić information content (AvgIpc) is 3.61. The fraction of sp³-hybridized carbons (Fsp3) is 0.261. The number of hydrogen-bond acceptors (Lipinski definition) is 10. The number of fused-ring (bicyclic) bond motifs is 3. The van der Waals surface area contributed by atoms with Crippen molar-refractivity contribution in [2.24, 2.45) is 0 Å². The van der Waals surface area contributed by atoms with Gasteiger partial charge in [0, 0.05) is 17.7 Å². The first kappa shape index (κ1) is 21.0. The van der Waals surface area contributed by atoms with Gasteiger partial charge in [0.2, 0.25) is 11.6 Å². The lowest BCUT2D eigenvalue weighted by atomic mass is 9.80. The second kappa shape index (κ2) is 8.97. The van der Waals surface area contributed by atoms with Crippen molar-refractivity contribution in [2.45, 2.75) is 38.4 Å². The van der Waals surface area contributed by atoms with Crippen LogP contribution in [0.15, 0.2) is 51.7 Å². The number of benzene rings is 2. The molecule has 0 amide bonds. The van der Waals surface area contributed by atoms with Gasteiger partial charge in [-0.05, 0) is 36.3 Å². The standard InChI is InChI=1S/C23H20N8O4/c32-23-17-8-14(13-4-2-1-3-5-13)6-7-16(17)22-18(34-12-21-26-30-31-27-21)9-15(10-19(22)35-23)33-11-20-24-28-29-25-20/h1-5,9-10,14H,6-8,11-12H2,(H,24,25,28,29)(H,26,27,30,31). The maximum Gasteiger partial charge on any atom is 0.339 e. The molecule has 0 spiro atoms. The molecule has 12 nitrogen and oxygen atoms in total. The highest BCUT2D eigenvalue weighted by atomic mass is 16.5. The lowest BCUT2D eigenvalue weighted by Crippen LogP contribution is -2.21. The maximum absolute atomic E-state index is 13.1. The number of ether oxygens (including phenoxy) is 2. The minimum Gasteiger partial charge on any atom is -0.485 e. The van der Waals surface area contributed by atoms with Crippen molar-refractivity contribution in [1.82, 2.24) is 41.2 Å². The monoisotopic (exact) mass is 472 g/mol. The molecule has 1 aliphatic carbocycles. The molecule has 176 valence electrons. The van der Waals surface area contributed by atoms with E-state index in [4.69, 9.17) is 13.9 Å². The van der Waals surface area contributed by atoms with Crippen molar-refractivity contribution in [3.05, 3.63) is 81.2 Å². The van der Waals surface area contributed by atoms with Gasteiger partial charge in [0.25, 0.3) is 0 Å². The van der Waals surface area contributed by atoms with E-state index in [0.29, 0.717) is 40.7 Å². The molecule has 2 aromatic carbocycles. The molecule has 3 heterocycles. The topological polar surface area (TPSA) is 158 Å². The number of rotatable bonds is 7. The van der Waals surface area contributed by atoms with Crippen molar-refractivity contribution < 1.29 is 13.9 Å². The second-order valence-electron chi connectivity index (χ2n) is 8.22. The van der Waals surface area contributed by atoms with Crippen LogP contribution < -0.4 is 15.1 Å². The summed E-state index contributed by atoms with van der Waals surface area (Å²) in [6.45, 7) is 0.167. The molecular weight excluding hydrogens is 452 g/mol. The van der Waals surface area contributed by atoms with Crippen LogP contribution in [0.5, 0.6) is 11.5 Å². The van der Waals surface area contributed by atoms with Crippen LogP contribution in [0.2, 0.25) is 0 Å². The smallest absolute Gasteiger partial charge is 0.339 e. The molecule has 2 N–H and O–H groups in total. The molecule has 0 radical (unpaired) electrons. The largest absolute Gasteiger partial charge is 0.485 e. The number of nitrogens with zero attached hydrogens (tertiary/aromatic N) is 6. The summed E-state index contributed by atoms with van der Waals surface area (Å²) in [6, 6.07) is 13.7. The normalized spacial score (nSPS) is 15.1. The zero-order valence-corrected chi connectivity index (χ0v) is 18.5. The van der Waals surface area contributed by atoms with E-state index in [-0.39, 0.29) is 24.8 Å². The molecule has 0 bridgehead atoms. The highest BCUT2D eigenvalue weighted by Gasteiger charge is 2.27. The van der Waals surface area contributed by atoms with Crippen LogP contribution in [-0.2, 0) is 26.1 Å². The highest BCUT2D eigenvalue weighted by molar-refractivity contribution is 5.89. The summed E-state index contributed by atoms with van der Waals surface area (Å²) in [4.78, 5) is 13.1. The van der Waals surface area contributed by atoms with E-state index in [9.17, 15) is 4.79 Å². The first-order valence-corrected chi connectivity index (χ1v) is 11.1. The van der Waals surface area contributed by atoms with Gasteiger partial charge in [-0.1, -0.05) is 40.8 Å². The molecule has 35 heavy (non-hydrogen) atoms. The van der Waals surface area contributed by atoms with E-state index < -0.39 is 0 Å². The van der Waals surface area contributed by atoms with E-state index in [0.717, 1.165) is 23.8 Å². The van der Waals surface area contributed by atoms with E-state index >= 15 is 0 Å². The Kier molecular flexibility index (Phi) is 5.37. The number of nitrogens with one attached hydrogen (secondary N) is 2. The SMILES string of the molecule is O=c1oc2cc(OCc3nn[nH]n3)cc(OCc3nn[nH]n3)c2c2c1CC(c1ccccc1)CC2. The van der Waals surface area contributed by atoms with Gasteiger partial charge in [-0.25, -0.2) is 4.79 Å². The molecule has 0 saturated heterocycles. The van der Waals surface area contributed by atoms with Crippen LogP contribution in [0.3, 0.4) is 0 Å². The molecule has 12 heteroatoms. The third kappa shape index (κ3) is 4.21. The fourth-order valence-corrected chi connectivity index (χ4v) is 4.51. The molecular formula is C23H20N8O4. The molecule has 3 aromatic heterocycles. The number of aromatic amines is 2. The summed E-state index contributed by atoms with van der Waals surface area (Å²) >= 11 is 0. The number of aromatic nitrogens is 8. The predicted molar refractivity (Wildman–Crippen MR) is 121 cm³/mol. The van der Waals surface area contributed by atoms with Crippen LogP contribution in [0.4, 0.5) is 0 Å². The van der Waals surface area contributed by atoms with Gasteiger partial charge in [-0.2, -0.15) is 10.4 Å². The van der Waals surface area contributed by atoms with Crippen molar-refractivity contribution >= 4 is 11.0 Å². The minimum atomic E-state index is -0.340. The average molecular weight is 472 g/mol. The Bertz CT molecular complexity index is 1500. The molecule has 0 aliphatic heterocycles. The lowest BCUT2D eigenvalue weighted by molar-refractivity contribution is 0.282. The van der Waals surface area contributed by atoms with Crippen LogP contribution >= 0.6 is 0 Å². The van der Waals surface area contributed by atoms with Crippen molar-refractivity contribution in [2.75, 3.05) is 0 Å². The van der Waals surface area contributed by atoms with Crippen LogP contribution in [0.25, 0.3) is 11.0 Å². The maximum atomic E-state index is 13.1. The molecule has 0 fully saturated rings. The van der Waals surface area contributed by atoms with Gasteiger partial charge in [-0.15, -0.1) is 20.4 Å². The molecule has 5 aromatic rings. The summed E-state index contributed by atoms with van der Waals surface area (Å²) in [6.07, 6.45) is 2.24. The molecule has 1 aliphatic rings. The Labute approximate surface area is 197 Å². The second-order valence-corrected chi connectivity index (χ2v) is 8.22. The van der Waals surface area contributed by atoms with Crippen LogP contribution in [0.1, 0.15) is 40.7 Å². The summed E-state index contributed by atoms with van der Waals surface area (Å²) in [5, 5.41) is 28.3. The first-order chi connectivity index (χ1) is 17.2. The van der Waals surface area contributed by atoms with Gasteiger partial charge >= 0.3 is 5.63 Å². The Hall–Kier alpha value is -4.61. The first-order valence-electron chi connectivity index (χ1n) is 11.1. The number of tetrazole rings is 2.